The maximum Gasteiger partial charge on any atom is 0.224 e. The standard InChI is InChI=1S/C19H24FN3O2/c1-25-18-3-2-10-23(19(24)8-11-22-12-9-21-14-22)17(18)13-15-4-6-16(20)7-5-15/h4-7,9,12,14,17-18H,2-3,8,10-11,13H2,1H3/t17-,18-/m0/s1. The van der Waals surface area contributed by atoms with Crippen LogP contribution < -0.4 is 0 Å². The van der Waals surface area contributed by atoms with Gasteiger partial charge in [0.25, 0.3) is 0 Å². The number of aryl methyl sites for hydroxylation is 1. The fraction of sp³-hybridized carbons (Fsp3) is 0.474. The Balaban J connectivity index is 1.69. The minimum atomic E-state index is -0.246. The van der Waals surface area contributed by atoms with Crippen molar-refractivity contribution < 1.29 is 13.9 Å². The van der Waals surface area contributed by atoms with Gasteiger partial charge in [0.2, 0.25) is 5.91 Å². The van der Waals surface area contributed by atoms with Crippen molar-refractivity contribution in [3.05, 3.63) is 54.4 Å². The Morgan fingerprint density at radius 1 is 1.36 bits per heavy atom. The zero-order valence-electron chi connectivity index (χ0n) is 14.5. The van der Waals surface area contributed by atoms with Crippen molar-refractivity contribution in [1.29, 1.82) is 0 Å². The van der Waals surface area contributed by atoms with E-state index in [0.29, 0.717) is 19.4 Å². The van der Waals surface area contributed by atoms with Crippen LogP contribution in [0.1, 0.15) is 24.8 Å². The number of amides is 1. The number of methoxy groups -OCH3 is 1. The first-order chi connectivity index (χ1) is 12.2. The van der Waals surface area contributed by atoms with Crippen molar-refractivity contribution >= 4 is 5.91 Å². The van der Waals surface area contributed by atoms with E-state index in [-0.39, 0.29) is 23.9 Å². The summed E-state index contributed by atoms with van der Waals surface area (Å²) in [6.07, 6.45) is 8.29. The Hall–Kier alpha value is -2.21. The van der Waals surface area contributed by atoms with Crippen LogP contribution in [0.15, 0.2) is 43.0 Å². The number of ether oxygens (including phenoxy) is 1. The van der Waals surface area contributed by atoms with Gasteiger partial charge in [0.05, 0.1) is 18.5 Å². The van der Waals surface area contributed by atoms with Gasteiger partial charge in [0.15, 0.2) is 0 Å². The zero-order chi connectivity index (χ0) is 17.6. The van der Waals surface area contributed by atoms with E-state index in [0.717, 1.165) is 24.9 Å². The number of carbonyl (C=O) groups is 1. The Morgan fingerprint density at radius 2 is 2.16 bits per heavy atom. The van der Waals surface area contributed by atoms with Crippen LogP contribution in [-0.2, 0) is 22.5 Å². The number of benzene rings is 1. The first kappa shape index (κ1) is 17.6. The average molecular weight is 345 g/mol. The molecule has 1 aliphatic rings. The molecular weight excluding hydrogens is 321 g/mol. The van der Waals surface area contributed by atoms with E-state index in [9.17, 15) is 9.18 Å². The highest BCUT2D eigenvalue weighted by Crippen LogP contribution is 2.24. The van der Waals surface area contributed by atoms with Gasteiger partial charge in [-0.3, -0.25) is 4.79 Å². The minimum absolute atomic E-state index is 0.0102. The number of imidazole rings is 1. The lowest BCUT2D eigenvalue weighted by Gasteiger charge is -2.41. The maximum atomic E-state index is 13.2. The molecule has 25 heavy (non-hydrogen) atoms. The van der Waals surface area contributed by atoms with Gasteiger partial charge in [-0.05, 0) is 37.0 Å². The van der Waals surface area contributed by atoms with Gasteiger partial charge in [0.1, 0.15) is 5.82 Å². The topological polar surface area (TPSA) is 47.4 Å². The molecule has 0 unspecified atom stereocenters. The van der Waals surface area contributed by atoms with Gasteiger partial charge in [-0.2, -0.15) is 0 Å². The second kappa shape index (κ2) is 8.25. The van der Waals surface area contributed by atoms with Gasteiger partial charge in [0, 0.05) is 39.0 Å². The largest absolute Gasteiger partial charge is 0.379 e. The highest BCUT2D eigenvalue weighted by atomic mass is 19.1. The van der Waals surface area contributed by atoms with E-state index in [1.54, 1.807) is 31.8 Å². The summed E-state index contributed by atoms with van der Waals surface area (Å²) in [6, 6.07) is 6.48. The van der Waals surface area contributed by atoms with Gasteiger partial charge in [-0.25, -0.2) is 9.37 Å². The molecule has 1 aliphatic heterocycles. The van der Waals surface area contributed by atoms with Crippen molar-refractivity contribution in [1.82, 2.24) is 14.5 Å². The Bertz CT molecular complexity index is 672. The molecular formula is C19H24FN3O2. The summed E-state index contributed by atoms with van der Waals surface area (Å²) in [5, 5.41) is 0. The van der Waals surface area contributed by atoms with Crippen molar-refractivity contribution in [2.24, 2.45) is 0 Å². The molecule has 5 nitrogen and oxygen atoms in total. The molecule has 0 N–H and O–H groups in total. The van der Waals surface area contributed by atoms with Crippen molar-refractivity contribution in [3.63, 3.8) is 0 Å². The molecule has 2 atom stereocenters. The van der Waals surface area contributed by atoms with Crippen LogP contribution in [-0.4, -0.2) is 46.2 Å². The molecule has 2 aromatic rings. The Morgan fingerprint density at radius 3 is 2.84 bits per heavy atom. The van der Waals surface area contributed by atoms with Crippen molar-refractivity contribution in [2.75, 3.05) is 13.7 Å². The third kappa shape index (κ3) is 4.45. The number of aromatic nitrogens is 2. The molecule has 1 aromatic heterocycles. The smallest absolute Gasteiger partial charge is 0.224 e. The molecule has 1 aromatic carbocycles. The predicted octanol–water partition coefficient (Wildman–Crippen LogP) is 2.66. The number of hydrogen-bond donors (Lipinski definition) is 0. The number of piperidine rings is 1. The lowest BCUT2D eigenvalue weighted by Crippen LogP contribution is -2.52. The average Bonchev–Trinajstić information content (AvgIpc) is 3.15. The quantitative estimate of drug-likeness (QED) is 0.809. The van der Waals surface area contributed by atoms with E-state index < -0.39 is 0 Å². The first-order valence-electron chi connectivity index (χ1n) is 8.70. The normalized spacial score (nSPS) is 20.6. The number of carbonyl (C=O) groups excluding carboxylic acids is 1. The fourth-order valence-electron chi connectivity index (χ4n) is 3.50. The van der Waals surface area contributed by atoms with Crippen LogP contribution >= 0.6 is 0 Å². The highest BCUT2D eigenvalue weighted by Gasteiger charge is 2.34. The molecule has 0 radical (unpaired) electrons. The van der Waals surface area contributed by atoms with E-state index >= 15 is 0 Å². The molecule has 0 bridgehead atoms. The number of nitrogens with zero attached hydrogens (tertiary/aromatic N) is 3. The summed E-state index contributed by atoms with van der Waals surface area (Å²) in [4.78, 5) is 18.7. The number of likely N-dealkylation sites (tertiary alicyclic amines) is 1. The third-order valence-electron chi connectivity index (χ3n) is 4.84. The number of rotatable bonds is 6. The fourth-order valence-corrected chi connectivity index (χ4v) is 3.50. The van der Waals surface area contributed by atoms with Crippen LogP contribution in [0.25, 0.3) is 0 Å². The Kier molecular flexibility index (Phi) is 5.81. The van der Waals surface area contributed by atoms with Crippen LogP contribution in [0.4, 0.5) is 4.39 Å². The molecule has 6 heteroatoms. The highest BCUT2D eigenvalue weighted by molar-refractivity contribution is 5.76. The number of halogens is 1. The van der Waals surface area contributed by atoms with Gasteiger partial charge < -0.3 is 14.2 Å². The van der Waals surface area contributed by atoms with Crippen LogP contribution in [0.5, 0.6) is 0 Å². The van der Waals surface area contributed by atoms with Gasteiger partial charge in [-0.1, -0.05) is 12.1 Å². The van der Waals surface area contributed by atoms with Gasteiger partial charge >= 0.3 is 0 Å². The van der Waals surface area contributed by atoms with Crippen LogP contribution in [0.2, 0.25) is 0 Å². The lowest BCUT2D eigenvalue weighted by atomic mass is 9.92. The summed E-state index contributed by atoms with van der Waals surface area (Å²) in [5.41, 5.74) is 1.02. The van der Waals surface area contributed by atoms with E-state index in [2.05, 4.69) is 4.98 Å². The molecule has 0 saturated carbocycles. The van der Waals surface area contributed by atoms with E-state index in [1.807, 2.05) is 15.7 Å². The predicted molar refractivity (Wildman–Crippen MR) is 92.5 cm³/mol. The summed E-state index contributed by atoms with van der Waals surface area (Å²) in [5.74, 6) is -0.119. The molecule has 2 heterocycles. The van der Waals surface area contributed by atoms with E-state index in [1.165, 1.54) is 12.1 Å². The molecule has 1 amide bonds. The van der Waals surface area contributed by atoms with Crippen molar-refractivity contribution in [3.8, 4) is 0 Å². The first-order valence-corrected chi connectivity index (χ1v) is 8.70. The SMILES string of the molecule is CO[C@H]1CCCN(C(=O)CCn2ccnc2)[C@H]1Cc1ccc(F)cc1. The van der Waals surface area contributed by atoms with Crippen LogP contribution in [0.3, 0.4) is 0 Å². The lowest BCUT2D eigenvalue weighted by molar-refractivity contribution is -0.140. The number of hydrogen-bond acceptors (Lipinski definition) is 3. The second-order valence-electron chi connectivity index (χ2n) is 6.45. The molecule has 0 aliphatic carbocycles. The summed E-state index contributed by atoms with van der Waals surface area (Å²) in [7, 11) is 1.70. The maximum absolute atomic E-state index is 13.2. The molecule has 134 valence electrons. The molecule has 0 spiro atoms. The third-order valence-corrected chi connectivity index (χ3v) is 4.84. The molecule has 1 fully saturated rings. The van der Waals surface area contributed by atoms with Crippen molar-refractivity contribution in [2.45, 2.75) is 44.4 Å². The molecule has 1 saturated heterocycles. The second-order valence-corrected chi connectivity index (χ2v) is 6.45. The minimum Gasteiger partial charge on any atom is -0.379 e. The van der Waals surface area contributed by atoms with E-state index in [4.69, 9.17) is 4.74 Å². The monoisotopic (exact) mass is 345 g/mol. The summed E-state index contributed by atoms with van der Waals surface area (Å²) >= 11 is 0. The molecule has 3 rings (SSSR count). The van der Waals surface area contributed by atoms with Gasteiger partial charge in [-0.15, -0.1) is 0 Å². The summed E-state index contributed by atoms with van der Waals surface area (Å²) in [6.45, 7) is 1.37. The zero-order valence-corrected chi connectivity index (χ0v) is 14.5. The Labute approximate surface area is 147 Å². The van der Waals surface area contributed by atoms with Crippen LogP contribution in [0, 0.1) is 5.82 Å². The summed E-state index contributed by atoms with van der Waals surface area (Å²) < 4.78 is 20.7.